The molecular weight excluding hydrogens is 212 g/mol. The molecule has 0 saturated carbocycles. The second-order valence-corrected chi connectivity index (χ2v) is 4.95. The van der Waals surface area contributed by atoms with E-state index in [1.165, 1.54) is 0 Å². The summed E-state index contributed by atoms with van der Waals surface area (Å²) in [5.74, 6) is 0.242. The maximum absolute atomic E-state index is 11.8. The molecule has 0 bridgehead atoms. The van der Waals surface area contributed by atoms with Gasteiger partial charge >= 0.3 is 0 Å². The molecule has 1 atom stereocenters. The number of aliphatic hydroxyl groups excluding tert-OH is 1. The summed E-state index contributed by atoms with van der Waals surface area (Å²) in [6.07, 6.45) is 1.96. The average Bonchev–Trinajstić information content (AvgIpc) is 2.28. The molecule has 1 saturated heterocycles. The lowest BCUT2D eigenvalue weighted by atomic mass is 10.3. The van der Waals surface area contributed by atoms with Crippen molar-refractivity contribution in [2.75, 3.05) is 45.6 Å². The van der Waals surface area contributed by atoms with Crippen molar-refractivity contribution >= 4 is 17.7 Å². The van der Waals surface area contributed by atoms with Crippen LogP contribution in [0.4, 0.5) is 0 Å². The molecule has 0 aliphatic carbocycles. The first kappa shape index (κ1) is 12.8. The van der Waals surface area contributed by atoms with Gasteiger partial charge in [0.15, 0.2) is 0 Å². The summed E-state index contributed by atoms with van der Waals surface area (Å²) in [5.41, 5.74) is 0. The minimum Gasteiger partial charge on any atom is -0.395 e. The van der Waals surface area contributed by atoms with Gasteiger partial charge < -0.3 is 10.0 Å². The highest BCUT2D eigenvalue weighted by molar-refractivity contribution is 7.99. The van der Waals surface area contributed by atoms with Crippen molar-refractivity contribution in [1.82, 2.24) is 9.80 Å². The maximum Gasteiger partial charge on any atom is 0.235 e. The first-order valence-electron chi connectivity index (χ1n) is 5.34. The van der Waals surface area contributed by atoms with Gasteiger partial charge in [0, 0.05) is 32.7 Å². The zero-order valence-electron chi connectivity index (χ0n) is 9.48. The fourth-order valence-corrected chi connectivity index (χ4v) is 2.04. The number of nitrogens with zero attached hydrogens (tertiary/aromatic N) is 2. The summed E-state index contributed by atoms with van der Waals surface area (Å²) in [7, 11) is 0. The molecule has 88 valence electrons. The van der Waals surface area contributed by atoms with Crippen LogP contribution in [0.15, 0.2) is 0 Å². The highest BCUT2D eigenvalue weighted by Gasteiger charge is 2.23. The topological polar surface area (TPSA) is 43.8 Å². The lowest BCUT2D eigenvalue weighted by Gasteiger charge is -2.35. The van der Waals surface area contributed by atoms with Crippen molar-refractivity contribution in [3.63, 3.8) is 0 Å². The Balaban J connectivity index is 2.33. The first-order valence-corrected chi connectivity index (χ1v) is 6.62. The van der Waals surface area contributed by atoms with E-state index in [4.69, 9.17) is 5.11 Å². The predicted molar refractivity (Wildman–Crippen MR) is 63.1 cm³/mol. The number of hydrogen-bond donors (Lipinski definition) is 1. The number of rotatable bonds is 4. The fraction of sp³-hybridized carbons (Fsp3) is 0.900. The lowest BCUT2D eigenvalue weighted by molar-refractivity contribution is -0.132. The Kier molecular flexibility index (Phi) is 5.42. The number of carbonyl (C=O) groups is 1. The fourth-order valence-electron chi connectivity index (χ4n) is 1.69. The quantitative estimate of drug-likeness (QED) is 0.733. The molecule has 0 aromatic rings. The molecule has 0 unspecified atom stereocenters. The molecule has 0 radical (unpaired) electrons. The van der Waals surface area contributed by atoms with E-state index in [1.54, 1.807) is 11.8 Å². The van der Waals surface area contributed by atoms with Gasteiger partial charge in [0.05, 0.1) is 11.9 Å². The van der Waals surface area contributed by atoms with Crippen LogP contribution in [0, 0.1) is 0 Å². The molecule has 1 fully saturated rings. The number of aliphatic hydroxyl groups is 1. The van der Waals surface area contributed by atoms with Crippen LogP contribution in [0.2, 0.25) is 0 Å². The van der Waals surface area contributed by atoms with E-state index in [-0.39, 0.29) is 17.8 Å². The third kappa shape index (κ3) is 3.66. The summed E-state index contributed by atoms with van der Waals surface area (Å²) >= 11 is 1.59. The molecule has 1 aliphatic heterocycles. The Bertz CT molecular complexity index is 206. The normalized spacial score (nSPS) is 20.3. The Hall–Kier alpha value is -0.260. The molecule has 15 heavy (non-hydrogen) atoms. The van der Waals surface area contributed by atoms with Crippen molar-refractivity contribution in [1.29, 1.82) is 0 Å². The standard InChI is InChI=1S/C10H20N2O2S/c1-9(15-2)10(14)12-5-3-11(4-6-12)7-8-13/h9,13H,3-8H2,1-2H3/t9-/m1/s1. The Morgan fingerprint density at radius 1 is 1.40 bits per heavy atom. The number of β-amino-alcohol motifs (C(OH)–C–C–N with tert-alkyl or cyclic N) is 1. The van der Waals surface area contributed by atoms with Gasteiger partial charge in [-0.25, -0.2) is 0 Å². The third-order valence-corrected chi connectivity index (χ3v) is 3.71. The molecule has 4 nitrogen and oxygen atoms in total. The van der Waals surface area contributed by atoms with Crippen molar-refractivity contribution < 1.29 is 9.90 Å². The first-order chi connectivity index (χ1) is 7.19. The molecule has 1 N–H and O–H groups in total. The van der Waals surface area contributed by atoms with Gasteiger partial charge in [-0.1, -0.05) is 0 Å². The van der Waals surface area contributed by atoms with E-state index in [1.807, 2.05) is 18.1 Å². The summed E-state index contributed by atoms with van der Waals surface area (Å²) in [5, 5.41) is 8.86. The van der Waals surface area contributed by atoms with Crippen molar-refractivity contribution in [2.24, 2.45) is 0 Å². The summed E-state index contributed by atoms with van der Waals surface area (Å²) < 4.78 is 0. The van der Waals surface area contributed by atoms with Crippen LogP contribution < -0.4 is 0 Å². The summed E-state index contributed by atoms with van der Waals surface area (Å²) in [6, 6.07) is 0. The summed E-state index contributed by atoms with van der Waals surface area (Å²) in [4.78, 5) is 15.9. The van der Waals surface area contributed by atoms with Gasteiger partial charge in [-0.15, -0.1) is 0 Å². The lowest BCUT2D eigenvalue weighted by Crippen LogP contribution is -2.51. The van der Waals surface area contributed by atoms with Crippen LogP contribution in [0.5, 0.6) is 0 Å². The zero-order valence-corrected chi connectivity index (χ0v) is 10.3. The zero-order chi connectivity index (χ0) is 11.3. The van der Waals surface area contributed by atoms with Crippen LogP contribution in [-0.4, -0.2) is 71.6 Å². The molecule has 0 spiro atoms. The largest absolute Gasteiger partial charge is 0.395 e. The molecule has 1 aliphatic rings. The predicted octanol–water partition coefficient (Wildman–Crippen LogP) is -0.126. The van der Waals surface area contributed by atoms with Crippen LogP contribution in [0.1, 0.15) is 6.92 Å². The third-order valence-electron chi connectivity index (χ3n) is 2.80. The minimum absolute atomic E-state index is 0.0643. The number of carbonyl (C=O) groups excluding carboxylic acids is 1. The molecule has 0 aromatic carbocycles. The van der Waals surface area contributed by atoms with Crippen molar-refractivity contribution in [3.8, 4) is 0 Å². The number of hydrogen-bond acceptors (Lipinski definition) is 4. The molecule has 1 amide bonds. The molecule has 0 aromatic heterocycles. The second kappa shape index (κ2) is 6.35. The second-order valence-electron chi connectivity index (χ2n) is 3.77. The van der Waals surface area contributed by atoms with E-state index in [0.29, 0.717) is 0 Å². The van der Waals surface area contributed by atoms with E-state index in [2.05, 4.69) is 4.90 Å². The van der Waals surface area contributed by atoms with Crippen molar-refractivity contribution in [3.05, 3.63) is 0 Å². The molecule has 1 rings (SSSR count). The van der Waals surface area contributed by atoms with Crippen LogP contribution in [0.3, 0.4) is 0 Å². The molecule has 5 heteroatoms. The van der Waals surface area contributed by atoms with Gasteiger partial charge in [0.2, 0.25) is 5.91 Å². The van der Waals surface area contributed by atoms with Gasteiger partial charge in [-0.3, -0.25) is 9.69 Å². The molecular formula is C10H20N2O2S. The van der Waals surface area contributed by atoms with Gasteiger partial charge in [-0.2, -0.15) is 11.8 Å². The smallest absolute Gasteiger partial charge is 0.235 e. The van der Waals surface area contributed by atoms with Gasteiger partial charge in [0.25, 0.3) is 0 Å². The van der Waals surface area contributed by atoms with E-state index in [9.17, 15) is 4.79 Å². The monoisotopic (exact) mass is 232 g/mol. The van der Waals surface area contributed by atoms with E-state index in [0.717, 1.165) is 32.7 Å². The number of piperazine rings is 1. The van der Waals surface area contributed by atoms with Gasteiger partial charge in [-0.05, 0) is 13.2 Å². The maximum atomic E-state index is 11.8. The number of thioether (sulfide) groups is 1. The Morgan fingerprint density at radius 2 is 2.00 bits per heavy atom. The Labute approximate surface area is 95.6 Å². The van der Waals surface area contributed by atoms with Crippen LogP contribution in [0.25, 0.3) is 0 Å². The van der Waals surface area contributed by atoms with Crippen LogP contribution >= 0.6 is 11.8 Å². The van der Waals surface area contributed by atoms with Gasteiger partial charge in [0.1, 0.15) is 0 Å². The molecule has 1 heterocycles. The van der Waals surface area contributed by atoms with Crippen LogP contribution in [-0.2, 0) is 4.79 Å². The Morgan fingerprint density at radius 3 is 2.47 bits per heavy atom. The van der Waals surface area contributed by atoms with E-state index >= 15 is 0 Å². The number of amides is 1. The minimum atomic E-state index is 0.0643. The SMILES string of the molecule is CS[C@H](C)C(=O)N1CCN(CCO)CC1. The van der Waals surface area contributed by atoms with E-state index < -0.39 is 0 Å². The highest BCUT2D eigenvalue weighted by Crippen LogP contribution is 2.11. The average molecular weight is 232 g/mol. The van der Waals surface area contributed by atoms with Crippen molar-refractivity contribution in [2.45, 2.75) is 12.2 Å². The summed E-state index contributed by atoms with van der Waals surface area (Å²) in [6.45, 7) is 6.23. The highest BCUT2D eigenvalue weighted by atomic mass is 32.2.